The largest absolute Gasteiger partial charge is 2.00 e. The number of hydrogen-bond acceptors (Lipinski definition) is 9. The van der Waals surface area contributed by atoms with Gasteiger partial charge < -0.3 is 39.7 Å². The number of aliphatic hydroxyl groups is 2. The van der Waals surface area contributed by atoms with Crippen molar-refractivity contribution in [3.63, 3.8) is 0 Å². The molecular weight excluding hydrogens is 417 g/mol. The molecule has 2 atom stereocenters. The van der Waals surface area contributed by atoms with Crippen molar-refractivity contribution in [1.29, 1.82) is 0 Å². The van der Waals surface area contributed by atoms with Crippen LogP contribution in [0, 0.1) is 0 Å². The van der Waals surface area contributed by atoms with E-state index in [1.807, 2.05) is 0 Å². The van der Waals surface area contributed by atoms with Gasteiger partial charge in [0.1, 0.15) is 12.2 Å². The summed E-state index contributed by atoms with van der Waals surface area (Å²) in [5.41, 5.74) is 0. The molecule has 19 heavy (non-hydrogen) atoms. The first-order chi connectivity index (χ1) is 7.26. The molecule has 0 aromatic heterocycles. The van der Waals surface area contributed by atoms with E-state index in [0.29, 0.717) is 0 Å². The van der Waals surface area contributed by atoms with Gasteiger partial charge in [-0.15, -0.1) is 0 Å². The van der Waals surface area contributed by atoms with Gasteiger partial charge in [0, 0.05) is 0 Å². The van der Waals surface area contributed by atoms with Crippen molar-refractivity contribution >= 4 is 65.2 Å². The number of carbonyl (C=O) groups excluding carboxylic acids is 1. The normalized spacial score (nSPS) is 19.5. The third-order valence-electron chi connectivity index (χ3n) is 1.62. The summed E-state index contributed by atoms with van der Waals surface area (Å²) in [6.45, 7) is -0.888. The van der Waals surface area contributed by atoms with Crippen molar-refractivity contribution in [2.45, 2.75) is 12.2 Å². The molecular formula is C6H10BaO11S. The van der Waals surface area contributed by atoms with Crippen LogP contribution in [-0.2, 0) is 24.1 Å². The fourth-order valence-electron chi connectivity index (χ4n) is 0.978. The standard InChI is InChI=1S/C6H8O9S.Ba.2H2O/c7-1-2(8)4-3(9)5(6(10)14-4)15-16(11,12)13;;;/h2,4,7-9H,1H2,(H,11,12,13);;2*1H2/q;+2;;/p-2/t2-,4+;;;/m0.../s1. The number of esters is 1. The Balaban J connectivity index is -0.000000853. The summed E-state index contributed by atoms with van der Waals surface area (Å²) < 4.78 is 38.2. The molecule has 108 valence electrons. The summed E-state index contributed by atoms with van der Waals surface area (Å²) in [6.07, 6.45) is -3.49. The molecule has 0 aromatic carbocycles. The quantitative estimate of drug-likeness (QED) is 0.188. The first kappa shape index (κ1) is 24.2. The minimum atomic E-state index is -5.28. The molecule has 0 unspecified atom stereocenters. The summed E-state index contributed by atoms with van der Waals surface area (Å²) >= 11 is 0. The fraction of sp³-hybridized carbons (Fsp3) is 0.500. The Morgan fingerprint density at radius 2 is 1.89 bits per heavy atom. The number of ether oxygens (including phenoxy) is 1. The number of cyclic esters (lactones) is 1. The smallest absolute Gasteiger partial charge is 0.870 e. The molecule has 6 N–H and O–H groups in total. The van der Waals surface area contributed by atoms with Gasteiger partial charge in [-0.1, -0.05) is 0 Å². The van der Waals surface area contributed by atoms with E-state index in [4.69, 9.17) is 10.2 Å². The predicted molar refractivity (Wildman–Crippen MR) is 53.8 cm³/mol. The van der Waals surface area contributed by atoms with E-state index in [1.54, 1.807) is 0 Å². The molecule has 1 aliphatic rings. The van der Waals surface area contributed by atoms with Gasteiger partial charge in [-0.3, -0.25) is 0 Å². The summed E-state index contributed by atoms with van der Waals surface area (Å²) in [7, 11) is -5.28. The summed E-state index contributed by atoms with van der Waals surface area (Å²) in [5.74, 6) is -4.12. The maximum Gasteiger partial charge on any atom is 2.00 e. The molecule has 0 saturated heterocycles. The zero-order valence-electron chi connectivity index (χ0n) is 9.23. The predicted octanol–water partition coefficient (Wildman–Crippen LogP) is -5.72. The zero-order chi connectivity index (χ0) is 12.5. The van der Waals surface area contributed by atoms with Crippen LogP contribution in [-0.4, -0.2) is 108 Å². The number of aliphatic hydroxyl groups excluding tert-OH is 2. The van der Waals surface area contributed by atoms with E-state index in [1.165, 1.54) is 0 Å². The maximum atomic E-state index is 11.2. The average Bonchev–Trinajstić information content (AvgIpc) is 2.42. The van der Waals surface area contributed by atoms with Crippen LogP contribution in [0.1, 0.15) is 0 Å². The second-order valence-electron chi connectivity index (χ2n) is 2.76. The number of carbonyl (C=O) groups is 1. The van der Waals surface area contributed by atoms with Gasteiger partial charge in [-0.25, -0.2) is 13.2 Å². The van der Waals surface area contributed by atoms with Crippen LogP contribution in [0.15, 0.2) is 11.5 Å². The van der Waals surface area contributed by atoms with Crippen molar-refractivity contribution in [2.24, 2.45) is 0 Å². The molecule has 13 heteroatoms. The van der Waals surface area contributed by atoms with Gasteiger partial charge >= 0.3 is 54.9 Å². The Morgan fingerprint density at radius 1 is 1.42 bits per heavy atom. The van der Waals surface area contributed by atoms with Gasteiger partial charge in [0.2, 0.25) is 5.76 Å². The minimum Gasteiger partial charge on any atom is -0.870 e. The second kappa shape index (κ2) is 9.14. The molecule has 1 aliphatic heterocycles. The monoisotopic (exact) mass is 428 g/mol. The van der Waals surface area contributed by atoms with Crippen molar-refractivity contribution in [3.05, 3.63) is 11.5 Å². The van der Waals surface area contributed by atoms with Crippen LogP contribution in [0.5, 0.6) is 0 Å². The first-order valence-corrected chi connectivity index (χ1v) is 5.16. The maximum absolute atomic E-state index is 11.2. The Morgan fingerprint density at radius 3 is 2.26 bits per heavy atom. The minimum absolute atomic E-state index is 0. The molecule has 0 fully saturated rings. The van der Waals surface area contributed by atoms with E-state index in [2.05, 4.69) is 8.92 Å². The van der Waals surface area contributed by atoms with E-state index < -0.39 is 46.7 Å². The van der Waals surface area contributed by atoms with E-state index in [-0.39, 0.29) is 59.8 Å². The van der Waals surface area contributed by atoms with E-state index in [0.717, 1.165) is 0 Å². The Kier molecular flexibility index (Phi) is 11.6. The second-order valence-corrected chi connectivity index (χ2v) is 3.74. The molecule has 0 amide bonds. The van der Waals surface area contributed by atoms with E-state index in [9.17, 15) is 22.9 Å². The summed E-state index contributed by atoms with van der Waals surface area (Å²) in [6, 6.07) is 0. The van der Waals surface area contributed by atoms with Crippen molar-refractivity contribution in [2.75, 3.05) is 6.61 Å². The average molecular weight is 428 g/mol. The Hall–Kier alpha value is 0.131. The molecule has 1 rings (SSSR count). The zero-order valence-corrected chi connectivity index (χ0v) is 14.5. The molecule has 11 nitrogen and oxygen atoms in total. The SMILES string of the molecule is O.O.O=C1O[C@H]([C@@H](O)CO)C([O-])=C1OS(=O)(=O)[O-].[Ba+2]. The Bertz CT molecular complexity index is 428. The van der Waals surface area contributed by atoms with Crippen LogP contribution in [0.3, 0.4) is 0 Å². The number of rotatable bonds is 4. The van der Waals surface area contributed by atoms with Crippen LogP contribution in [0.25, 0.3) is 0 Å². The van der Waals surface area contributed by atoms with Gasteiger partial charge in [0.25, 0.3) is 10.4 Å². The molecule has 0 radical (unpaired) electrons. The van der Waals surface area contributed by atoms with Gasteiger partial charge in [-0.2, -0.15) is 0 Å². The first-order valence-electron chi connectivity index (χ1n) is 3.82. The van der Waals surface area contributed by atoms with Crippen LogP contribution in [0.2, 0.25) is 0 Å². The molecule has 0 aromatic rings. The third-order valence-corrected chi connectivity index (χ3v) is 1.99. The third kappa shape index (κ3) is 6.41. The van der Waals surface area contributed by atoms with Crippen LogP contribution < -0.4 is 5.11 Å². The molecule has 1 heterocycles. The molecule has 0 spiro atoms. The van der Waals surface area contributed by atoms with Crippen LogP contribution in [0.4, 0.5) is 0 Å². The van der Waals surface area contributed by atoms with Crippen molar-refractivity contribution in [3.8, 4) is 0 Å². The van der Waals surface area contributed by atoms with Gasteiger partial charge in [0.15, 0.2) is 0 Å². The Labute approximate surface area is 147 Å². The van der Waals surface area contributed by atoms with Crippen molar-refractivity contribution in [1.82, 2.24) is 0 Å². The van der Waals surface area contributed by atoms with Gasteiger partial charge in [0.05, 0.1) is 6.61 Å². The summed E-state index contributed by atoms with van der Waals surface area (Å²) in [4.78, 5) is 10.9. The molecule has 0 saturated carbocycles. The van der Waals surface area contributed by atoms with E-state index >= 15 is 0 Å². The summed E-state index contributed by atoms with van der Waals surface area (Å²) in [5, 5.41) is 28.7. The fourth-order valence-corrected chi connectivity index (χ4v) is 1.33. The van der Waals surface area contributed by atoms with Crippen LogP contribution >= 0.6 is 0 Å². The van der Waals surface area contributed by atoms with Crippen molar-refractivity contribution < 1.29 is 53.0 Å². The topological polar surface area (TPSA) is 219 Å². The van der Waals surface area contributed by atoms with Gasteiger partial charge in [-0.05, 0) is 5.76 Å². The molecule has 0 aliphatic carbocycles. The number of hydrogen-bond donors (Lipinski definition) is 2. The molecule has 0 bridgehead atoms.